The van der Waals surface area contributed by atoms with Crippen molar-refractivity contribution in [2.75, 3.05) is 11.9 Å². The van der Waals surface area contributed by atoms with Gasteiger partial charge in [-0.1, -0.05) is 0 Å². The predicted molar refractivity (Wildman–Crippen MR) is 115 cm³/mol. The standard InChI is InChI=1S/C21H16F2N6O2S/c22-13-3-1-11(7-14(13)23)19-18(20(24)30)16-9-28(5-6-29(16)27-19)21(31)26-12-2-4-15-17(8-12)32-10-25-15/h1-4,7-8,10H,5-6,9H2,(H2,24,30)(H,26,31). The van der Waals surface area contributed by atoms with Crippen LogP contribution in [0.1, 0.15) is 16.1 Å². The van der Waals surface area contributed by atoms with Crippen molar-refractivity contribution in [2.45, 2.75) is 13.1 Å². The largest absolute Gasteiger partial charge is 0.365 e. The Bertz CT molecular complexity index is 1380. The zero-order chi connectivity index (χ0) is 22.4. The third-order valence-electron chi connectivity index (χ3n) is 5.29. The molecule has 0 fully saturated rings. The van der Waals surface area contributed by atoms with Gasteiger partial charge >= 0.3 is 6.03 Å². The van der Waals surface area contributed by atoms with E-state index in [-0.39, 0.29) is 29.4 Å². The summed E-state index contributed by atoms with van der Waals surface area (Å²) in [6.07, 6.45) is 0. The van der Waals surface area contributed by atoms with Gasteiger partial charge in [-0.15, -0.1) is 11.3 Å². The first-order chi connectivity index (χ1) is 15.4. The lowest BCUT2D eigenvalue weighted by atomic mass is 10.0. The van der Waals surface area contributed by atoms with Gasteiger partial charge in [0.1, 0.15) is 5.69 Å². The molecule has 5 rings (SSSR count). The van der Waals surface area contributed by atoms with Gasteiger partial charge in [0, 0.05) is 17.8 Å². The first-order valence-electron chi connectivity index (χ1n) is 9.65. The molecule has 0 radical (unpaired) electrons. The van der Waals surface area contributed by atoms with Crippen LogP contribution >= 0.6 is 11.3 Å². The van der Waals surface area contributed by atoms with Crippen molar-refractivity contribution >= 4 is 39.2 Å². The van der Waals surface area contributed by atoms with Crippen LogP contribution in [0.25, 0.3) is 21.5 Å². The van der Waals surface area contributed by atoms with Crippen molar-refractivity contribution in [1.29, 1.82) is 0 Å². The molecule has 1 aliphatic rings. The number of thiazole rings is 1. The Morgan fingerprint density at radius 3 is 2.72 bits per heavy atom. The molecule has 0 aliphatic carbocycles. The van der Waals surface area contributed by atoms with Crippen molar-refractivity contribution in [3.05, 3.63) is 64.8 Å². The maximum Gasteiger partial charge on any atom is 0.322 e. The van der Waals surface area contributed by atoms with Crippen molar-refractivity contribution in [3.63, 3.8) is 0 Å². The van der Waals surface area contributed by atoms with E-state index < -0.39 is 17.5 Å². The highest BCUT2D eigenvalue weighted by Gasteiger charge is 2.30. The molecule has 0 saturated heterocycles. The molecule has 2 aromatic carbocycles. The number of urea groups is 1. The normalized spacial score (nSPS) is 13.2. The van der Waals surface area contributed by atoms with Gasteiger partial charge < -0.3 is 16.0 Å². The number of anilines is 1. The minimum absolute atomic E-state index is 0.0830. The Balaban J connectivity index is 1.43. The molecule has 0 saturated carbocycles. The van der Waals surface area contributed by atoms with Crippen LogP contribution in [0.15, 0.2) is 41.9 Å². The molecule has 3 amide bonds. The molecular weight excluding hydrogens is 438 g/mol. The van der Waals surface area contributed by atoms with Crippen molar-refractivity contribution in [2.24, 2.45) is 5.73 Å². The highest BCUT2D eigenvalue weighted by molar-refractivity contribution is 7.16. The van der Waals surface area contributed by atoms with Crippen molar-refractivity contribution in [1.82, 2.24) is 19.7 Å². The highest BCUT2D eigenvalue weighted by Crippen LogP contribution is 2.29. The number of fused-ring (bicyclic) bond motifs is 2. The van der Waals surface area contributed by atoms with E-state index in [1.54, 1.807) is 16.3 Å². The summed E-state index contributed by atoms with van der Waals surface area (Å²) in [5, 5.41) is 7.24. The van der Waals surface area contributed by atoms with Crippen LogP contribution in [0.2, 0.25) is 0 Å². The van der Waals surface area contributed by atoms with Crippen molar-refractivity contribution < 1.29 is 18.4 Å². The van der Waals surface area contributed by atoms with E-state index in [0.29, 0.717) is 24.5 Å². The SMILES string of the molecule is NC(=O)c1c(-c2ccc(F)c(F)c2)nn2c1CN(C(=O)Nc1ccc3ncsc3c1)CC2. The van der Waals surface area contributed by atoms with Crippen LogP contribution in [-0.2, 0) is 13.1 Å². The van der Waals surface area contributed by atoms with Crippen LogP contribution in [0.3, 0.4) is 0 Å². The first kappa shape index (κ1) is 20.1. The van der Waals surface area contributed by atoms with Crippen LogP contribution in [-0.4, -0.2) is 38.1 Å². The number of carbonyl (C=O) groups excluding carboxylic acids is 2. The molecule has 32 heavy (non-hydrogen) atoms. The molecule has 8 nitrogen and oxygen atoms in total. The van der Waals surface area contributed by atoms with Crippen LogP contribution in [0.5, 0.6) is 0 Å². The molecular formula is C21H16F2N6O2S. The fourth-order valence-corrected chi connectivity index (χ4v) is 4.45. The number of carbonyl (C=O) groups is 2. The number of hydrogen-bond acceptors (Lipinski definition) is 5. The number of amides is 3. The second kappa shape index (κ2) is 7.68. The third-order valence-corrected chi connectivity index (χ3v) is 6.08. The van der Waals surface area contributed by atoms with Crippen LogP contribution in [0, 0.1) is 11.6 Å². The van der Waals surface area contributed by atoms with E-state index in [0.717, 1.165) is 22.3 Å². The highest BCUT2D eigenvalue weighted by atomic mass is 32.1. The van der Waals surface area contributed by atoms with E-state index in [1.165, 1.54) is 22.3 Å². The second-order valence-corrected chi connectivity index (χ2v) is 8.16. The number of hydrogen-bond donors (Lipinski definition) is 2. The smallest absolute Gasteiger partial charge is 0.322 e. The summed E-state index contributed by atoms with van der Waals surface area (Å²) in [6.45, 7) is 0.753. The van der Waals surface area contributed by atoms with Gasteiger partial charge in [0.2, 0.25) is 0 Å². The number of nitrogens with one attached hydrogen (secondary N) is 1. The van der Waals surface area contributed by atoms with E-state index in [1.807, 2.05) is 12.1 Å². The van der Waals surface area contributed by atoms with Crippen LogP contribution < -0.4 is 11.1 Å². The van der Waals surface area contributed by atoms with Gasteiger partial charge in [-0.2, -0.15) is 5.10 Å². The minimum Gasteiger partial charge on any atom is -0.365 e. The predicted octanol–water partition coefficient (Wildman–Crippen LogP) is 3.58. The third kappa shape index (κ3) is 3.46. The van der Waals surface area contributed by atoms with Gasteiger partial charge in [0.05, 0.1) is 40.1 Å². The molecule has 2 aromatic heterocycles. The Labute approximate surface area is 184 Å². The summed E-state index contributed by atoms with van der Waals surface area (Å²) in [5.41, 5.74) is 9.72. The number of benzene rings is 2. The molecule has 0 bridgehead atoms. The maximum absolute atomic E-state index is 13.7. The van der Waals surface area contributed by atoms with E-state index >= 15 is 0 Å². The van der Waals surface area contributed by atoms with E-state index in [2.05, 4.69) is 15.4 Å². The van der Waals surface area contributed by atoms with E-state index in [4.69, 9.17) is 5.73 Å². The summed E-state index contributed by atoms with van der Waals surface area (Å²) >= 11 is 1.47. The molecule has 1 aliphatic heterocycles. The fourth-order valence-electron chi connectivity index (χ4n) is 3.73. The number of nitrogens with zero attached hydrogens (tertiary/aromatic N) is 4. The number of primary amides is 1. The van der Waals surface area contributed by atoms with Gasteiger partial charge in [-0.3, -0.25) is 9.48 Å². The maximum atomic E-state index is 13.7. The molecule has 3 N–H and O–H groups in total. The summed E-state index contributed by atoms with van der Waals surface area (Å²) in [5.74, 6) is -2.82. The van der Waals surface area contributed by atoms with Crippen LogP contribution in [0.4, 0.5) is 19.3 Å². The molecule has 11 heteroatoms. The fraction of sp³-hybridized carbons (Fsp3) is 0.143. The van der Waals surface area contributed by atoms with Gasteiger partial charge in [0.25, 0.3) is 5.91 Å². The van der Waals surface area contributed by atoms with Gasteiger partial charge in [-0.25, -0.2) is 18.6 Å². The molecule has 3 heterocycles. The van der Waals surface area contributed by atoms with Gasteiger partial charge in [0.15, 0.2) is 11.6 Å². The number of halogens is 2. The molecule has 0 spiro atoms. The van der Waals surface area contributed by atoms with Gasteiger partial charge in [-0.05, 0) is 36.4 Å². The number of aromatic nitrogens is 3. The second-order valence-electron chi connectivity index (χ2n) is 7.27. The summed E-state index contributed by atoms with van der Waals surface area (Å²) < 4.78 is 29.6. The average Bonchev–Trinajstić information content (AvgIpc) is 3.39. The lowest BCUT2D eigenvalue weighted by Crippen LogP contribution is -2.41. The average molecular weight is 454 g/mol. The zero-order valence-electron chi connectivity index (χ0n) is 16.5. The van der Waals surface area contributed by atoms with Crippen molar-refractivity contribution in [3.8, 4) is 11.3 Å². The van der Waals surface area contributed by atoms with E-state index in [9.17, 15) is 18.4 Å². The first-order valence-corrected chi connectivity index (χ1v) is 10.5. The zero-order valence-corrected chi connectivity index (χ0v) is 17.3. The lowest BCUT2D eigenvalue weighted by Gasteiger charge is -2.28. The Morgan fingerprint density at radius 1 is 1.09 bits per heavy atom. The Kier molecular flexibility index (Phi) is 4.82. The topological polar surface area (TPSA) is 106 Å². The molecule has 0 unspecified atom stereocenters. The number of nitrogens with two attached hydrogens (primary N) is 1. The molecule has 4 aromatic rings. The molecule has 0 atom stereocenters. The summed E-state index contributed by atoms with van der Waals surface area (Å²) in [7, 11) is 0. The summed E-state index contributed by atoms with van der Waals surface area (Å²) in [6, 6.07) is 8.36. The minimum atomic E-state index is -1.05. The quantitative estimate of drug-likeness (QED) is 0.493. The lowest BCUT2D eigenvalue weighted by molar-refractivity contribution is 0.0997. The Morgan fingerprint density at radius 2 is 1.94 bits per heavy atom. The number of rotatable bonds is 3. The summed E-state index contributed by atoms with van der Waals surface area (Å²) in [4.78, 5) is 30.8. The molecule has 162 valence electrons. The monoisotopic (exact) mass is 454 g/mol. The Hall–Kier alpha value is -3.86.